The number of methoxy groups -OCH3 is 1. The summed E-state index contributed by atoms with van der Waals surface area (Å²) in [5.41, 5.74) is 2.16. The number of carbonyl (C=O) groups excluding carboxylic acids is 1. The molecule has 0 spiro atoms. The molecule has 1 aromatic carbocycles. The van der Waals surface area contributed by atoms with Gasteiger partial charge in [0.2, 0.25) is 5.91 Å². The van der Waals surface area contributed by atoms with E-state index in [4.69, 9.17) is 4.74 Å². The van der Waals surface area contributed by atoms with Gasteiger partial charge >= 0.3 is 0 Å². The Labute approximate surface area is 142 Å². The fourth-order valence-electron chi connectivity index (χ4n) is 3.17. The maximum absolute atomic E-state index is 12.8. The molecular weight excluding hydrogens is 304 g/mol. The summed E-state index contributed by atoms with van der Waals surface area (Å²) in [6, 6.07) is 7.92. The smallest absolute Gasteiger partial charge is 0.225 e. The number of carbonyl (C=O) groups is 1. The van der Waals surface area contributed by atoms with Crippen molar-refractivity contribution in [3.05, 3.63) is 47.8 Å². The van der Waals surface area contributed by atoms with Crippen molar-refractivity contribution in [2.45, 2.75) is 25.9 Å². The summed E-state index contributed by atoms with van der Waals surface area (Å²) >= 11 is 0. The van der Waals surface area contributed by atoms with Crippen LogP contribution in [0.25, 0.3) is 0 Å². The van der Waals surface area contributed by atoms with Crippen LogP contribution in [0.1, 0.15) is 23.6 Å². The Kier molecular flexibility index (Phi) is 5.15. The second-order valence-electron chi connectivity index (χ2n) is 6.08. The van der Waals surface area contributed by atoms with Gasteiger partial charge in [0.15, 0.2) is 0 Å². The number of hydrogen-bond acceptors (Lipinski definition) is 4. The van der Waals surface area contributed by atoms with Crippen LogP contribution in [0.15, 0.2) is 36.7 Å². The fraction of sp³-hybridized carbons (Fsp3) is 0.444. The maximum atomic E-state index is 12.8. The monoisotopic (exact) mass is 328 g/mol. The van der Waals surface area contributed by atoms with Crippen molar-refractivity contribution < 1.29 is 9.53 Å². The highest BCUT2D eigenvalue weighted by Crippen LogP contribution is 2.30. The van der Waals surface area contributed by atoms with Crippen molar-refractivity contribution >= 4 is 5.91 Å². The van der Waals surface area contributed by atoms with Crippen molar-refractivity contribution in [3.8, 4) is 5.75 Å². The SMILES string of the molecule is COc1ccccc1C1CNCCN1C(=O)CCn1cc(C)cn1. The molecule has 0 bridgehead atoms. The van der Waals surface area contributed by atoms with Gasteiger partial charge in [-0.1, -0.05) is 18.2 Å². The number of amides is 1. The van der Waals surface area contributed by atoms with Crippen LogP contribution in [0.5, 0.6) is 5.75 Å². The van der Waals surface area contributed by atoms with Crippen molar-refractivity contribution in [2.24, 2.45) is 0 Å². The summed E-state index contributed by atoms with van der Waals surface area (Å²) in [7, 11) is 1.67. The van der Waals surface area contributed by atoms with Crippen LogP contribution in [0.3, 0.4) is 0 Å². The summed E-state index contributed by atoms with van der Waals surface area (Å²) < 4.78 is 7.31. The lowest BCUT2D eigenvalue weighted by Crippen LogP contribution is -2.49. The number of nitrogens with zero attached hydrogens (tertiary/aromatic N) is 3. The molecule has 1 saturated heterocycles. The summed E-state index contributed by atoms with van der Waals surface area (Å²) in [5, 5.41) is 7.63. The number of nitrogens with one attached hydrogen (secondary N) is 1. The molecule has 6 heteroatoms. The minimum absolute atomic E-state index is 0.00163. The first kappa shape index (κ1) is 16.5. The third-order valence-electron chi connectivity index (χ3n) is 4.38. The Balaban J connectivity index is 1.72. The molecule has 0 radical (unpaired) electrons. The van der Waals surface area contributed by atoms with E-state index in [2.05, 4.69) is 10.4 Å². The van der Waals surface area contributed by atoms with Gasteiger partial charge in [0.05, 0.1) is 19.3 Å². The minimum Gasteiger partial charge on any atom is -0.496 e. The van der Waals surface area contributed by atoms with Crippen LogP contribution in [0.2, 0.25) is 0 Å². The van der Waals surface area contributed by atoms with Crippen molar-refractivity contribution in [2.75, 3.05) is 26.7 Å². The maximum Gasteiger partial charge on any atom is 0.225 e. The van der Waals surface area contributed by atoms with Gasteiger partial charge in [0.1, 0.15) is 5.75 Å². The van der Waals surface area contributed by atoms with Gasteiger partial charge in [-0.15, -0.1) is 0 Å². The highest BCUT2D eigenvalue weighted by Gasteiger charge is 2.29. The van der Waals surface area contributed by atoms with Gasteiger partial charge < -0.3 is 15.0 Å². The molecule has 2 aromatic rings. The highest BCUT2D eigenvalue weighted by molar-refractivity contribution is 5.77. The normalized spacial score (nSPS) is 17.8. The molecule has 1 aliphatic rings. The molecule has 1 N–H and O–H groups in total. The molecule has 128 valence electrons. The van der Waals surface area contributed by atoms with Crippen LogP contribution in [0, 0.1) is 6.92 Å². The first-order chi connectivity index (χ1) is 11.7. The number of ether oxygens (including phenoxy) is 1. The highest BCUT2D eigenvalue weighted by atomic mass is 16.5. The second kappa shape index (κ2) is 7.49. The van der Waals surface area contributed by atoms with E-state index in [0.717, 1.165) is 30.0 Å². The zero-order chi connectivity index (χ0) is 16.9. The molecule has 6 nitrogen and oxygen atoms in total. The first-order valence-corrected chi connectivity index (χ1v) is 8.31. The van der Waals surface area contributed by atoms with E-state index in [1.165, 1.54) is 0 Å². The Morgan fingerprint density at radius 2 is 2.25 bits per heavy atom. The van der Waals surface area contributed by atoms with E-state index in [0.29, 0.717) is 19.5 Å². The number of rotatable bonds is 5. The number of benzene rings is 1. The number of para-hydroxylation sites is 1. The molecule has 2 heterocycles. The van der Waals surface area contributed by atoms with Crippen LogP contribution < -0.4 is 10.1 Å². The third kappa shape index (κ3) is 3.59. The molecule has 1 atom stereocenters. The number of hydrogen-bond donors (Lipinski definition) is 1. The molecule has 1 fully saturated rings. The Morgan fingerprint density at radius 1 is 1.42 bits per heavy atom. The van der Waals surface area contributed by atoms with Gasteiger partial charge in [0, 0.05) is 44.4 Å². The van der Waals surface area contributed by atoms with Crippen molar-refractivity contribution in [1.29, 1.82) is 0 Å². The third-order valence-corrected chi connectivity index (χ3v) is 4.38. The Bertz CT molecular complexity index is 698. The fourth-order valence-corrected chi connectivity index (χ4v) is 3.17. The summed E-state index contributed by atoms with van der Waals surface area (Å²) in [4.78, 5) is 14.7. The molecule has 3 rings (SSSR count). The van der Waals surface area contributed by atoms with Gasteiger partial charge in [-0.25, -0.2) is 0 Å². The lowest BCUT2D eigenvalue weighted by molar-refractivity contribution is -0.134. The van der Waals surface area contributed by atoms with Crippen LogP contribution in [-0.2, 0) is 11.3 Å². The zero-order valence-corrected chi connectivity index (χ0v) is 14.2. The van der Waals surface area contributed by atoms with Crippen LogP contribution >= 0.6 is 0 Å². The van der Waals surface area contributed by atoms with E-state index in [1.54, 1.807) is 7.11 Å². The Hall–Kier alpha value is -2.34. The average Bonchev–Trinajstić information content (AvgIpc) is 3.05. The van der Waals surface area contributed by atoms with Gasteiger partial charge in [-0.05, 0) is 18.6 Å². The Morgan fingerprint density at radius 3 is 3.00 bits per heavy atom. The van der Waals surface area contributed by atoms with E-state index in [-0.39, 0.29) is 11.9 Å². The van der Waals surface area contributed by atoms with Gasteiger partial charge in [-0.2, -0.15) is 5.10 Å². The molecule has 1 aromatic heterocycles. The van der Waals surface area contributed by atoms with Gasteiger partial charge in [0.25, 0.3) is 0 Å². The standard InChI is InChI=1S/C18H24N4O2/c1-14-11-20-21(13-14)9-7-18(23)22-10-8-19-12-16(22)15-5-3-4-6-17(15)24-2/h3-6,11,13,16,19H,7-10,12H2,1-2H3. The second-order valence-corrected chi connectivity index (χ2v) is 6.08. The minimum atomic E-state index is 0.00163. The molecule has 1 unspecified atom stereocenters. The molecule has 0 aliphatic carbocycles. The van der Waals surface area contributed by atoms with Crippen molar-refractivity contribution in [3.63, 3.8) is 0 Å². The van der Waals surface area contributed by atoms with Crippen LogP contribution in [0.4, 0.5) is 0 Å². The summed E-state index contributed by atoms with van der Waals surface area (Å²) in [5.74, 6) is 0.979. The lowest BCUT2D eigenvalue weighted by Gasteiger charge is -2.37. The number of piperazine rings is 1. The largest absolute Gasteiger partial charge is 0.496 e. The molecule has 0 saturated carbocycles. The van der Waals surface area contributed by atoms with Crippen LogP contribution in [-0.4, -0.2) is 47.3 Å². The first-order valence-electron chi connectivity index (χ1n) is 8.31. The molecule has 1 aliphatic heterocycles. The van der Waals surface area contributed by atoms with Crippen molar-refractivity contribution in [1.82, 2.24) is 20.0 Å². The van der Waals surface area contributed by atoms with E-state index < -0.39 is 0 Å². The van der Waals surface area contributed by atoms with E-state index in [9.17, 15) is 4.79 Å². The quantitative estimate of drug-likeness (QED) is 0.909. The summed E-state index contributed by atoms with van der Waals surface area (Å²) in [6.07, 6.45) is 4.22. The van der Waals surface area contributed by atoms with Gasteiger partial charge in [-0.3, -0.25) is 9.48 Å². The van der Waals surface area contributed by atoms with E-state index in [1.807, 2.05) is 53.2 Å². The summed E-state index contributed by atoms with van der Waals surface area (Å²) in [6.45, 7) is 4.87. The van der Waals surface area contributed by atoms with E-state index >= 15 is 0 Å². The zero-order valence-electron chi connectivity index (χ0n) is 14.2. The lowest BCUT2D eigenvalue weighted by atomic mass is 10.0. The molecular formula is C18H24N4O2. The predicted octanol–water partition coefficient (Wildman–Crippen LogP) is 1.76. The topological polar surface area (TPSA) is 59.4 Å². The number of aryl methyl sites for hydroxylation is 2. The molecule has 24 heavy (non-hydrogen) atoms. The predicted molar refractivity (Wildman–Crippen MR) is 91.9 cm³/mol. The molecule has 1 amide bonds. The number of aromatic nitrogens is 2. The average molecular weight is 328 g/mol.